The summed E-state index contributed by atoms with van der Waals surface area (Å²) in [5, 5.41) is 11.5. The van der Waals surface area contributed by atoms with Crippen molar-refractivity contribution in [3.63, 3.8) is 0 Å². The van der Waals surface area contributed by atoms with E-state index in [9.17, 15) is 4.39 Å². The van der Waals surface area contributed by atoms with Crippen LogP contribution in [-0.2, 0) is 0 Å². The minimum Gasteiger partial charge on any atom is -0.496 e. The summed E-state index contributed by atoms with van der Waals surface area (Å²) in [6.07, 6.45) is 0. The van der Waals surface area contributed by atoms with E-state index in [1.807, 2.05) is 0 Å². The molecule has 70 valence electrons. The Bertz CT molecular complexity index is 336. The van der Waals surface area contributed by atoms with Gasteiger partial charge in [0.15, 0.2) is 0 Å². The Morgan fingerprint density at radius 1 is 1.54 bits per heavy atom. The van der Waals surface area contributed by atoms with Gasteiger partial charge in [-0.1, -0.05) is 5.16 Å². The molecule has 0 aliphatic rings. The molecule has 1 rings (SSSR count). The van der Waals surface area contributed by atoms with Crippen LogP contribution >= 0.6 is 0 Å². The highest BCUT2D eigenvalue weighted by Gasteiger charge is 2.07. The van der Waals surface area contributed by atoms with Gasteiger partial charge in [-0.05, 0) is 19.1 Å². The fraction of sp³-hybridized carbons (Fsp3) is 0.222. The number of methoxy groups -OCH3 is 1. The van der Waals surface area contributed by atoms with Crippen LogP contribution in [0, 0.1) is 5.82 Å². The summed E-state index contributed by atoms with van der Waals surface area (Å²) in [4.78, 5) is 0. The molecule has 3 nitrogen and oxygen atoms in total. The molecular formula is C9H10FNO2. The van der Waals surface area contributed by atoms with Gasteiger partial charge in [0.2, 0.25) is 0 Å². The fourth-order valence-electron chi connectivity index (χ4n) is 1.02. The Hall–Kier alpha value is -1.58. The van der Waals surface area contributed by atoms with Crippen LogP contribution in [0.2, 0.25) is 0 Å². The monoisotopic (exact) mass is 183 g/mol. The Morgan fingerprint density at radius 3 is 2.77 bits per heavy atom. The van der Waals surface area contributed by atoms with E-state index in [1.165, 1.54) is 25.3 Å². The molecule has 0 spiro atoms. The summed E-state index contributed by atoms with van der Waals surface area (Å²) in [5.41, 5.74) is 0.961. The van der Waals surface area contributed by atoms with Crippen LogP contribution in [0.4, 0.5) is 4.39 Å². The molecule has 0 aliphatic heterocycles. The molecule has 0 saturated carbocycles. The number of oxime groups is 1. The molecule has 1 aromatic rings. The third-order valence-corrected chi connectivity index (χ3v) is 1.70. The third kappa shape index (κ3) is 1.96. The summed E-state index contributed by atoms with van der Waals surface area (Å²) < 4.78 is 17.6. The van der Waals surface area contributed by atoms with Crippen molar-refractivity contribution in [1.29, 1.82) is 0 Å². The predicted octanol–water partition coefficient (Wildman–Crippen LogP) is 2.03. The second-order valence-corrected chi connectivity index (χ2v) is 2.53. The highest BCUT2D eigenvalue weighted by molar-refractivity contribution is 6.00. The number of ether oxygens (including phenoxy) is 1. The maximum atomic E-state index is 12.7. The third-order valence-electron chi connectivity index (χ3n) is 1.70. The molecular weight excluding hydrogens is 173 g/mol. The van der Waals surface area contributed by atoms with Crippen molar-refractivity contribution in [1.82, 2.24) is 0 Å². The van der Waals surface area contributed by atoms with Crippen molar-refractivity contribution in [2.45, 2.75) is 6.92 Å². The van der Waals surface area contributed by atoms with E-state index in [1.54, 1.807) is 6.92 Å². The van der Waals surface area contributed by atoms with Gasteiger partial charge in [-0.2, -0.15) is 0 Å². The van der Waals surface area contributed by atoms with Crippen molar-refractivity contribution < 1.29 is 14.3 Å². The zero-order valence-corrected chi connectivity index (χ0v) is 7.41. The normalized spacial score (nSPS) is 11.5. The van der Waals surface area contributed by atoms with Gasteiger partial charge in [0.1, 0.15) is 11.6 Å². The number of hydrogen-bond acceptors (Lipinski definition) is 3. The Balaban J connectivity index is 3.21. The minimum absolute atomic E-state index is 0.357. The largest absolute Gasteiger partial charge is 0.496 e. The molecule has 0 amide bonds. The average molecular weight is 183 g/mol. The van der Waals surface area contributed by atoms with E-state index in [-0.39, 0.29) is 5.82 Å². The first-order valence-corrected chi connectivity index (χ1v) is 3.71. The highest BCUT2D eigenvalue weighted by atomic mass is 19.1. The second kappa shape index (κ2) is 3.89. The van der Waals surface area contributed by atoms with E-state index >= 15 is 0 Å². The van der Waals surface area contributed by atoms with Crippen molar-refractivity contribution in [2.75, 3.05) is 7.11 Å². The lowest BCUT2D eigenvalue weighted by Crippen LogP contribution is -1.99. The molecule has 0 atom stereocenters. The smallest absolute Gasteiger partial charge is 0.130 e. The molecule has 0 aliphatic carbocycles. The Labute approximate surface area is 75.4 Å². The number of benzene rings is 1. The van der Waals surface area contributed by atoms with Gasteiger partial charge >= 0.3 is 0 Å². The van der Waals surface area contributed by atoms with Gasteiger partial charge in [-0.3, -0.25) is 0 Å². The first-order valence-electron chi connectivity index (χ1n) is 3.71. The molecule has 1 N–H and O–H groups in total. The lowest BCUT2D eigenvalue weighted by molar-refractivity contribution is 0.318. The van der Waals surface area contributed by atoms with Crippen LogP contribution in [0.1, 0.15) is 12.5 Å². The maximum absolute atomic E-state index is 12.7. The van der Waals surface area contributed by atoms with Crippen LogP contribution in [0.5, 0.6) is 5.75 Å². The van der Waals surface area contributed by atoms with E-state index in [4.69, 9.17) is 9.94 Å². The molecule has 0 unspecified atom stereocenters. The standard InChI is InChI=1S/C9H10FNO2/c1-6(11-12)8-4-3-7(10)5-9(8)13-2/h3-5,12H,1-2H3. The van der Waals surface area contributed by atoms with E-state index in [2.05, 4.69) is 5.16 Å². The molecule has 0 bridgehead atoms. The van der Waals surface area contributed by atoms with Crippen molar-refractivity contribution in [2.24, 2.45) is 5.16 Å². The van der Waals surface area contributed by atoms with E-state index in [0.717, 1.165) is 0 Å². The quantitative estimate of drug-likeness (QED) is 0.433. The summed E-state index contributed by atoms with van der Waals surface area (Å²) in [6, 6.07) is 4.03. The zero-order valence-electron chi connectivity index (χ0n) is 7.41. The minimum atomic E-state index is -0.383. The topological polar surface area (TPSA) is 41.8 Å². The summed E-state index contributed by atoms with van der Waals surface area (Å²) in [6.45, 7) is 1.61. The maximum Gasteiger partial charge on any atom is 0.130 e. The Kier molecular flexibility index (Phi) is 2.84. The number of halogens is 1. The first-order chi connectivity index (χ1) is 6.19. The average Bonchev–Trinajstić information content (AvgIpc) is 2.16. The van der Waals surface area contributed by atoms with Crippen molar-refractivity contribution in [3.05, 3.63) is 29.6 Å². The summed E-state index contributed by atoms with van der Waals surface area (Å²) in [5.74, 6) is -0.0263. The van der Waals surface area contributed by atoms with Crippen LogP contribution in [0.3, 0.4) is 0 Å². The summed E-state index contributed by atoms with van der Waals surface area (Å²) >= 11 is 0. The van der Waals surface area contributed by atoms with Crippen molar-refractivity contribution >= 4 is 5.71 Å². The van der Waals surface area contributed by atoms with Gasteiger partial charge in [-0.15, -0.1) is 0 Å². The van der Waals surface area contributed by atoms with Crippen LogP contribution < -0.4 is 4.74 Å². The van der Waals surface area contributed by atoms with Gasteiger partial charge in [0.25, 0.3) is 0 Å². The lowest BCUT2D eigenvalue weighted by atomic mass is 10.1. The highest BCUT2D eigenvalue weighted by Crippen LogP contribution is 2.19. The molecule has 0 aromatic heterocycles. The SMILES string of the molecule is COc1cc(F)ccc1C(C)=NO. The molecule has 0 radical (unpaired) electrons. The molecule has 0 heterocycles. The van der Waals surface area contributed by atoms with E-state index < -0.39 is 0 Å². The molecule has 0 saturated heterocycles. The van der Waals surface area contributed by atoms with E-state index in [0.29, 0.717) is 17.0 Å². The number of hydrogen-bond donors (Lipinski definition) is 1. The number of nitrogens with zero attached hydrogens (tertiary/aromatic N) is 1. The van der Waals surface area contributed by atoms with Gasteiger partial charge in [-0.25, -0.2) is 4.39 Å². The van der Waals surface area contributed by atoms with Crippen LogP contribution in [0.15, 0.2) is 23.4 Å². The van der Waals surface area contributed by atoms with Gasteiger partial charge < -0.3 is 9.94 Å². The number of rotatable bonds is 2. The zero-order chi connectivity index (χ0) is 9.84. The second-order valence-electron chi connectivity index (χ2n) is 2.53. The van der Waals surface area contributed by atoms with Crippen LogP contribution in [0.25, 0.3) is 0 Å². The molecule has 1 aromatic carbocycles. The molecule has 4 heteroatoms. The van der Waals surface area contributed by atoms with Crippen LogP contribution in [-0.4, -0.2) is 18.0 Å². The molecule has 13 heavy (non-hydrogen) atoms. The Morgan fingerprint density at radius 2 is 2.23 bits per heavy atom. The first kappa shape index (κ1) is 9.51. The van der Waals surface area contributed by atoms with Gasteiger partial charge in [0.05, 0.1) is 12.8 Å². The predicted molar refractivity (Wildman–Crippen MR) is 46.9 cm³/mol. The fourth-order valence-corrected chi connectivity index (χ4v) is 1.02. The van der Waals surface area contributed by atoms with Crippen molar-refractivity contribution in [3.8, 4) is 5.75 Å². The lowest BCUT2D eigenvalue weighted by Gasteiger charge is -2.06. The molecule has 0 fully saturated rings. The summed E-state index contributed by atoms with van der Waals surface area (Å²) in [7, 11) is 1.43. The van der Waals surface area contributed by atoms with Gasteiger partial charge in [0, 0.05) is 11.6 Å².